The van der Waals surface area contributed by atoms with Crippen LogP contribution in [0.25, 0.3) is 5.52 Å². The van der Waals surface area contributed by atoms with Crippen LogP contribution in [0.15, 0.2) is 18.5 Å². The normalized spacial score (nSPS) is 16.7. The molecule has 1 atom stereocenters. The number of rotatable bonds is 3. The Bertz CT molecular complexity index is 760. The molecule has 0 fully saturated rings. The Hall–Kier alpha value is -2.24. The average molecular weight is 317 g/mol. The van der Waals surface area contributed by atoms with E-state index in [-0.39, 0.29) is 5.41 Å². The van der Waals surface area contributed by atoms with E-state index in [2.05, 4.69) is 25.8 Å². The Balaban J connectivity index is 2.13. The number of hydrogen-bond acceptors (Lipinski definition) is 4. The third kappa shape index (κ3) is 2.85. The second-order valence-corrected chi connectivity index (χ2v) is 7.49. The summed E-state index contributed by atoms with van der Waals surface area (Å²) in [5.41, 5.74) is 6.41. The zero-order valence-electron chi connectivity index (χ0n) is 14.0. The highest BCUT2D eigenvalue weighted by Crippen LogP contribution is 2.39. The molecule has 0 aliphatic carbocycles. The van der Waals surface area contributed by atoms with Gasteiger partial charge in [0.1, 0.15) is 11.3 Å². The average Bonchev–Trinajstić information content (AvgIpc) is 3.01. The Morgan fingerprint density at radius 1 is 1.43 bits per heavy atom. The molecule has 1 aliphatic rings. The topological polar surface area (TPSA) is 78.9 Å². The van der Waals surface area contributed by atoms with Crippen molar-refractivity contribution in [3.63, 3.8) is 0 Å². The smallest absolute Gasteiger partial charge is 0.405 e. The second kappa shape index (κ2) is 5.15. The zero-order chi connectivity index (χ0) is 16.8. The first-order valence-corrected chi connectivity index (χ1v) is 7.80. The lowest BCUT2D eigenvalue weighted by Gasteiger charge is -2.33. The molecule has 124 valence electrons. The second-order valence-electron chi connectivity index (χ2n) is 7.49. The fraction of sp³-hybridized carbons (Fsp3) is 0.529. The molecule has 1 aliphatic heterocycles. The minimum absolute atomic E-state index is 0.0662. The molecule has 1 unspecified atom stereocenters. The Labute approximate surface area is 135 Å². The fourth-order valence-corrected chi connectivity index (χ4v) is 3.50. The van der Waals surface area contributed by atoms with E-state index in [1.54, 1.807) is 6.20 Å². The molecule has 2 aromatic heterocycles. The van der Waals surface area contributed by atoms with Gasteiger partial charge in [-0.05, 0) is 24.8 Å². The molecular weight excluding hydrogens is 294 g/mol. The van der Waals surface area contributed by atoms with Gasteiger partial charge < -0.3 is 15.2 Å². The van der Waals surface area contributed by atoms with Gasteiger partial charge in [-0.25, -0.2) is 9.78 Å². The van der Waals surface area contributed by atoms with Gasteiger partial charge in [-0.2, -0.15) is 0 Å². The van der Waals surface area contributed by atoms with E-state index in [4.69, 9.17) is 15.2 Å². The van der Waals surface area contributed by atoms with Crippen molar-refractivity contribution in [3.8, 4) is 5.75 Å². The molecular formula is C17H23N3O3. The summed E-state index contributed by atoms with van der Waals surface area (Å²) in [6, 6.07) is 2.03. The molecule has 0 radical (unpaired) electrons. The highest BCUT2D eigenvalue weighted by Gasteiger charge is 2.39. The quantitative estimate of drug-likeness (QED) is 0.943. The van der Waals surface area contributed by atoms with Crippen molar-refractivity contribution in [2.24, 2.45) is 11.1 Å². The molecule has 3 heterocycles. The van der Waals surface area contributed by atoms with Crippen molar-refractivity contribution in [1.82, 2.24) is 9.38 Å². The van der Waals surface area contributed by atoms with E-state index in [0.29, 0.717) is 18.9 Å². The molecule has 0 bridgehead atoms. The summed E-state index contributed by atoms with van der Waals surface area (Å²) in [6.07, 6.45) is 4.43. The highest BCUT2D eigenvalue weighted by molar-refractivity contribution is 5.66. The van der Waals surface area contributed by atoms with Crippen molar-refractivity contribution < 1.29 is 14.3 Å². The molecule has 3 rings (SSSR count). The van der Waals surface area contributed by atoms with Crippen molar-refractivity contribution in [2.45, 2.75) is 46.1 Å². The number of hydrogen-bond donors (Lipinski definition) is 1. The van der Waals surface area contributed by atoms with Gasteiger partial charge in [0.2, 0.25) is 0 Å². The molecule has 23 heavy (non-hydrogen) atoms. The third-order valence-electron chi connectivity index (χ3n) is 4.03. The largest absolute Gasteiger partial charge is 0.491 e. The van der Waals surface area contributed by atoms with Crippen LogP contribution in [0.3, 0.4) is 0 Å². The summed E-state index contributed by atoms with van der Waals surface area (Å²) in [7, 11) is 0. The number of nitrogens with two attached hydrogens (primary N) is 1. The van der Waals surface area contributed by atoms with Crippen LogP contribution in [-0.2, 0) is 16.8 Å². The van der Waals surface area contributed by atoms with Gasteiger partial charge in [-0.15, -0.1) is 0 Å². The van der Waals surface area contributed by atoms with Crippen LogP contribution < -0.4 is 10.5 Å². The molecule has 6 heteroatoms. The lowest BCUT2D eigenvalue weighted by atomic mass is 9.82. The van der Waals surface area contributed by atoms with Gasteiger partial charge in [0.15, 0.2) is 11.4 Å². The summed E-state index contributed by atoms with van der Waals surface area (Å²) < 4.78 is 13.2. The number of aromatic nitrogens is 2. The van der Waals surface area contributed by atoms with Gasteiger partial charge in [0.25, 0.3) is 0 Å². The van der Waals surface area contributed by atoms with Crippen LogP contribution >= 0.6 is 0 Å². The maximum atomic E-state index is 11.5. The number of pyridine rings is 1. The SMILES string of the molecule is CC(C)(C)CC(C)(OC(N)=O)c1ncc2c3c(ccn12)CCO3. The van der Waals surface area contributed by atoms with E-state index in [0.717, 1.165) is 17.7 Å². The van der Waals surface area contributed by atoms with E-state index < -0.39 is 11.7 Å². The van der Waals surface area contributed by atoms with Gasteiger partial charge in [-0.1, -0.05) is 20.8 Å². The molecule has 0 saturated heterocycles. The first-order chi connectivity index (χ1) is 10.7. The van der Waals surface area contributed by atoms with Crippen molar-refractivity contribution in [2.75, 3.05) is 6.61 Å². The molecule has 2 aromatic rings. The maximum absolute atomic E-state index is 11.5. The number of primary amides is 1. The number of amides is 1. The van der Waals surface area contributed by atoms with Crippen LogP contribution in [0.1, 0.15) is 45.5 Å². The lowest BCUT2D eigenvalue weighted by Crippen LogP contribution is -2.37. The predicted molar refractivity (Wildman–Crippen MR) is 86.5 cm³/mol. The first-order valence-electron chi connectivity index (χ1n) is 7.80. The molecule has 0 aromatic carbocycles. The minimum atomic E-state index is -0.913. The lowest BCUT2D eigenvalue weighted by molar-refractivity contribution is -0.0100. The van der Waals surface area contributed by atoms with Crippen LogP contribution in [0.5, 0.6) is 5.75 Å². The number of ether oxygens (including phenoxy) is 2. The molecule has 6 nitrogen and oxygen atoms in total. The monoisotopic (exact) mass is 317 g/mol. The van der Waals surface area contributed by atoms with Crippen LogP contribution in [0.2, 0.25) is 0 Å². The number of fused-ring (bicyclic) bond motifs is 3. The van der Waals surface area contributed by atoms with Gasteiger partial charge in [-0.3, -0.25) is 4.40 Å². The summed E-state index contributed by atoms with van der Waals surface area (Å²) in [6.45, 7) is 8.81. The third-order valence-corrected chi connectivity index (χ3v) is 4.03. The van der Waals surface area contributed by atoms with Crippen molar-refractivity contribution in [1.29, 1.82) is 0 Å². The molecule has 2 N–H and O–H groups in total. The van der Waals surface area contributed by atoms with Gasteiger partial charge in [0, 0.05) is 18.2 Å². The van der Waals surface area contributed by atoms with E-state index in [1.807, 2.05) is 23.6 Å². The van der Waals surface area contributed by atoms with Gasteiger partial charge >= 0.3 is 6.09 Å². The number of nitrogens with zero attached hydrogens (tertiary/aromatic N) is 2. The summed E-state index contributed by atoms with van der Waals surface area (Å²) >= 11 is 0. The van der Waals surface area contributed by atoms with Gasteiger partial charge in [0.05, 0.1) is 12.8 Å². The zero-order valence-corrected chi connectivity index (χ0v) is 14.0. The van der Waals surface area contributed by atoms with E-state index in [9.17, 15) is 4.79 Å². The van der Waals surface area contributed by atoms with Crippen LogP contribution in [0.4, 0.5) is 4.79 Å². The highest BCUT2D eigenvalue weighted by atomic mass is 16.6. The summed E-state index contributed by atoms with van der Waals surface area (Å²) in [5, 5.41) is 0. The standard InChI is InChI=1S/C17H23N3O3/c1-16(2,3)10-17(4,23-15(18)21)14-19-9-12-13-11(6-8-22-13)5-7-20(12)14/h5,7,9H,6,8,10H2,1-4H3,(H2,18,21). The first kappa shape index (κ1) is 15.6. The molecule has 0 saturated carbocycles. The summed E-state index contributed by atoms with van der Waals surface area (Å²) in [4.78, 5) is 16.0. The predicted octanol–water partition coefficient (Wildman–Crippen LogP) is 3.02. The van der Waals surface area contributed by atoms with Crippen molar-refractivity contribution in [3.05, 3.63) is 29.8 Å². The number of carbonyl (C=O) groups excluding carboxylic acids is 1. The Morgan fingerprint density at radius 3 is 2.83 bits per heavy atom. The number of carbonyl (C=O) groups is 1. The van der Waals surface area contributed by atoms with Crippen LogP contribution in [0, 0.1) is 5.41 Å². The Kier molecular flexibility index (Phi) is 3.50. The van der Waals surface area contributed by atoms with E-state index in [1.165, 1.54) is 5.56 Å². The van der Waals surface area contributed by atoms with Crippen LogP contribution in [-0.4, -0.2) is 22.1 Å². The molecule has 0 spiro atoms. The molecule has 1 amide bonds. The fourth-order valence-electron chi connectivity index (χ4n) is 3.50. The minimum Gasteiger partial charge on any atom is -0.491 e. The van der Waals surface area contributed by atoms with E-state index >= 15 is 0 Å². The van der Waals surface area contributed by atoms with Crippen molar-refractivity contribution >= 4 is 11.6 Å². The summed E-state index contributed by atoms with van der Waals surface area (Å²) in [5.74, 6) is 1.52. The Morgan fingerprint density at radius 2 is 2.17 bits per heavy atom. The maximum Gasteiger partial charge on any atom is 0.405 e. The number of imidazole rings is 1.